The summed E-state index contributed by atoms with van der Waals surface area (Å²) in [6.45, 7) is 0. The maximum absolute atomic E-state index is 8.84. The smallest absolute Gasteiger partial charge is 0.179 e. The highest BCUT2D eigenvalue weighted by atomic mass is 35.5. The summed E-state index contributed by atoms with van der Waals surface area (Å²) >= 11 is 5.83. The molecule has 3 rings (SSSR count). The molecule has 3 heterocycles. The quantitative estimate of drug-likeness (QED) is 0.619. The van der Waals surface area contributed by atoms with Gasteiger partial charge in [0, 0.05) is 12.4 Å². The Kier molecular flexibility index (Phi) is 2.39. The lowest BCUT2D eigenvalue weighted by atomic mass is 10.4. The number of imidazole rings is 1. The SMILES string of the molecule is N#Cc1cn2c(-c3nccc(Cl)n3)cnc2cn1. The average molecular weight is 257 g/mol. The van der Waals surface area contributed by atoms with Gasteiger partial charge in [0.1, 0.15) is 16.9 Å². The van der Waals surface area contributed by atoms with E-state index in [-0.39, 0.29) is 0 Å². The Bertz CT molecular complexity index is 773. The molecule has 0 fully saturated rings. The molecule has 3 aromatic rings. The van der Waals surface area contributed by atoms with Crippen molar-refractivity contribution in [2.75, 3.05) is 0 Å². The van der Waals surface area contributed by atoms with E-state index in [0.29, 0.717) is 28.0 Å². The maximum atomic E-state index is 8.84. The Morgan fingerprint density at radius 1 is 1.22 bits per heavy atom. The first-order valence-electron chi connectivity index (χ1n) is 5.00. The molecule has 0 radical (unpaired) electrons. The van der Waals surface area contributed by atoms with Gasteiger partial charge in [-0.3, -0.25) is 4.40 Å². The molecule has 86 valence electrons. The Hall–Kier alpha value is -2.52. The zero-order valence-corrected chi connectivity index (χ0v) is 9.70. The normalized spacial score (nSPS) is 10.4. The summed E-state index contributed by atoms with van der Waals surface area (Å²) < 4.78 is 1.71. The van der Waals surface area contributed by atoms with Crippen LogP contribution in [-0.4, -0.2) is 24.3 Å². The first-order chi connectivity index (χ1) is 8.78. The molecule has 0 aliphatic heterocycles. The summed E-state index contributed by atoms with van der Waals surface area (Å²) in [6.07, 6.45) is 6.29. The number of nitrogens with zero attached hydrogens (tertiary/aromatic N) is 6. The maximum Gasteiger partial charge on any atom is 0.179 e. The van der Waals surface area contributed by atoms with E-state index in [1.807, 2.05) is 6.07 Å². The summed E-state index contributed by atoms with van der Waals surface area (Å²) in [7, 11) is 0. The fourth-order valence-electron chi connectivity index (χ4n) is 1.57. The molecule has 0 saturated heterocycles. The lowest BCUT2D eigenvalue weighted by Crippen LogP contribution is -1.95. The number of nitriles is 1. The third-order valence-electron chi connectivity index (χ3n) is 2.36. The molecule has 0 aromatic carbocycles. The van der Waals surface area contributed by atoms with E-state index in [1.54, 1.807) is 29.1 Å². The van der Waals surface area contributed by atoms with Crippen molar-refractivity contribution in [2.24, 2.45) is 0 Å². The lowest BCUT2D eigenvalue weighted by molar-refractivity contribution is 1.07. The molecule has 6 nitrogen and oxygen atoms in total. The number of aromatic nitrogens is 5. The van der Waals surface area contributed by atoms with E-state index in [1.165, 1.54) is 6.20 Å². The van der Waals surface area contributed by atoms with Crippen LogP contribution in [0, 0.1) is 11.3 Å². The first-order valence-corrected chi connectivity index (χ1v) is 5.38. The molecule has 0 saturated carbocycles. The molecule has 0 aliphatic carbocycles. The molecule has 0 aliphatic rings. The zero-order valence-electron chi connectivity index (χ0n) is 8.95. The van der Waals surface area contributed by atoms with Crippen LogP contribution >= 0.6 is 11.6 Å². The second kappa shape index (κ2) is 4.05. The number of hydrogen-bond donors (Lipinski definition) is 0. The van der Waals surface area contributed by atoms with Crippen LogP contribution in [0.25, 0.3) is 17.2 Å². The predicted octanol–water partition coefficient (Wildman–Crippen LogP) is 1.71. The second-order valence-corrected chi connectivity index (χ2v) is 3.85. The number of hydrogen-bond acceptors (Lipinski definition) is 5. The molecule has 3 aromatic heterocycles. The molecular formula is C11H5ClN6. The highest BCUT2D eigenvalue weighted by molar-refractivity contribution is 6.29. The van der Waals surface area contributed by atoms with Gasteiger partial charge in [0.2, 0.25) is 0 Å². The zero-order chi connectivity index (χ0) is 12.5. The van der Waals surface area contributed by atoms with Gasteiger partial charge in [-0.1, -0.05) is 11.6 Å². The Morgan fingerprint density at radius 3 is 2.89 bits per heavy atom. The highest BCUT2D eigenvalue weighted by Gasteiger charge is 2.09. The fraction of sp³-hybridized carbons (Fsp3) is 0. The molecule has 0 atom stereocenters. The van der Waals surface area contributed by atoms with Crippen LogP contribution < -0.4 is 0 Å². The van der Waals surface area contributed by atoms with Crippen molar-refractivity contribution in [2.45, 2.75) is 0 Å². The van der Waals surface area contributed by atoms with Gasteiger partial charge in [0.25, 0.3) is 0 Å². The Labute approximate surface area is 107 Å². The van der Waals surface area contributed by atoms with Gasteiger partial charge in [0.05, 0.1) is 12.4 Å². The van der Waals surface area contributed by atoms with Crippen molar-refractivity contribution >= 4 is 17.2 Å². The monoisotopic (exact) mass is 256 g/mol. The molecule has 0 amide bonds. The minimum absolute atomic E-state index is 0.295. The first kappa shape index (κ1) is 10.6. The van der Waals surface area contributed by atoms with Gasteiger partial charge >= 0.3 is 0 Å². The minimum atomic E-state index is 0.295. The molecule has 7 heteroatoms. The van der Waals surface area contributed by atoms with Gasteiger partial charge in [-0.05, 0) is 6.07 Å². The van der Waals surface area contributed by atoms with Crippen molar-refractivity contribution in [1.82, 2.24) is 24.3 Å². The molecular weight excluding hydrogens is 252 g/mol. The molecule has 0 N–H and O–H groups in total. The summed E-state index contributed by atoms with van der Waals surface area (Å²) in [5.41, 5.74) is 1.57. The van der Waals surface area contributed by atoms with Crippen molar-refractivity contribution in [3.8, 4) is 17.6 Å². The average Bonchev–Trinajstić information content (AvgIpc) is 2.81. The summed E-state index contributed by atoms with van der Waals surface area (Å²) in [6, 6.07) is 3.57. The third-order valence-corrected chi connectivity index (χ3v) is 2.57. The number of rotatable bonds is 1. The van der Waals surface area contributed by atoms with E-state index in [4.69, 9.17) is 16.9 Å². The van der Waals surface area contributed by atoms with Crippen LogP contribution in [0.4, 0.5) is 0 Å². The molecule has 18 heavy (non-hydrogen) atoms. The molecule has 0 spiro atoms. The third kappa shape index (κ3) is 1.67. The second-order valence-electron chi connectivity index (χ2n) is 3.46. The standard InChI is InChI=1S/C11H5ClN6/c12-9-1-2-14-11(17-9)8-4-16-10-5-15-7(3-13)6-18(8)10/h1-2,4-6H. The minimum Gasteiger partial charge on any atom is -0.293 e. The van der Waals surface area contributed by atoms with Crippen molar-refractivity contribution in [3.05, 3.63) is 41.7 Å². The van der Waals surface area contributed by atoms with Crippen LogP contribution in [0.3, 0.4) is 0 Å². The largest absolute Gasteiger partial charge is 0.293 e. The van der Waals surface area contributed by atoms with Gasteiger partial charge in [-0.15, -0.1) is 0 Å². The number of halogens is 1. The topological polar surface area (TPSA) is 79.8 Å². The van der Waals surface area contributed by atoms with Crippen LogP contribution in [-0.2, 0) is 0 Å². The summed E-state index contributed by atoms with van der Waals surface area (Å²) in [5, 5.41) is 9.19. The van der Waals surface area contributed by atoms with Crippen molar-refractivity contribution < 1.29 is 0 Å². The molecule has 0 unspecified atom stereocenters. The van der Waals surface area contributed by atoms with Crippen LogP contribution in [0.5, 0.6) is 0 Å². The van der Waals surface area contributed by atoms with E-state index in [2.05, 4.69) is 19.9 Å². The van der Waals surface area contributed by atoms with Gasteiger partial charge in [-0.25, -0.2) is 19.9 Å². The summed E-state index contributed by atoms with van der Waals surface area (Å²) in [4.78, 5) is 16.3. The van der Waals surface area contributed by atoms with E-state index in [9.17, 15) is 0 Å². The van der Waals surface area contributed by atoms with Gasteiger partial charge in [-0.2, -0.15) is 5.26 Å². The fourth-order valence-corrected chi connectivity index (χ4v) is 1.71. The van der Waals surface area contributed by atoms with Crippen LogP contribution in [0.15, 0.2) is 30.9 Å². The van der Waals surface area contributed by atoms with Crippen molar-refractivity contribution in [1.29, 1.82) is 5.26 Å². The Morgan fingerprint density at radius 2 is 2.11 bits per heavy atom. The highest BCUT2D eigenvalue weighted by Crippen LogP contribution is 2.18. The lowest BCUT2D eigenvalue weighted by Gasteiger charge is -2.00. The van der Waals surface area contributed by atoms with Gasteiger partial charge < -0.3 is 0 Å². The number of fused-ring (bicyclic) bond motifs is 1. The Balaban J connectivity index is 2.27. The molecule has 0 bridgehead atoms. The van der Waals surface area contributed by atoms with Crippen LogP contribution in [0.2, 0.25) is 5.15 Å². The van der Waals surface area contributed by atoms with E-state index in [0.717, 1.165) is 0 Å². The van der Waals surface area contributed by atoms with Gasteiger partial charge in [0.15, 0.2) is 17.2 Å². The van der Waals surface area contributed by atoms with E-state index < -0.39 is 0 Å². The predicted molar refractivity (Wildman–Crippen MR) is 63.7 cm³/mol. The van der Waals surface area contributed by atoms with Crippen LogP contribution in [0.1, 0.15) is 5.69 Å². The van der Waals surface area contributed by atoms with E-state index >= 15 is 0 Å². The summed E-state index contributed by atoms with van der Waals surface area (Å²) in [5.74, 6) is 0.449. The van der Waals surface area contributed by atoms with Crippen molar-refractivity contribution in [3.63, 3.8) is 0 Å².